The normalized spacial score (nSPS) is 27.7. The molecule has 2 aromatic heterocycles. The van der Waals surface area contributed by atoms with Crippen molar-refractivity contribution in [3.63, 3.8) is 0 Å². The van der Waals surface area contributed by atoms with E-state index >= 15 is 0 Å². The van der Waals surface area contributed by atoms with Crippen molar-refractivity contribution in [2.24, 2.45) is 0 Å². The van der Waals surface area contributed by atoms with Gasteiger partial charge in [0.25, 0.3) is 0 Å². The molecule has 5 rings (SSSR count). The zero-order valence-electron chi connectivity index (χ0n) is 13.4. The molecule has 6 nitrogen and oxygen atoms in total. The summed E-state index contributed by atoms with van der Waals surface area (Å²) in [6, 6.07) is 0.708. The predicted octanol–water partition coefficient (Wildman–Crippen LogP) is 2.42. The molecule has 1 atom stereocenters. The molecular weight excluding hydrogens is 310 g/mol. The van der Waals surface area contributed by atoms with Gasteiger partial charge < -0.3 is 4.74 Å². The van der Waals surface area contributed by atoms with E-state index in [-0.39, 0.29) is 0 Å². The van der Waals surface area contributed by atoms with Crippen molar-refractivity contribution < 1.29 is 4.74 Å². The lowest BCUT2D eigenvalue weighted by atomic mass is 9.95. The lowest BCUT2D eigenvalue weighted by Gasteiger charge is -2.39. The second-order valence-electron chi connectivity index (χ2n) is 7.14. The molecule has 1 unspecified atom stereocenters. The maximum Gasteiger partial charge on any atom is 0.234 e. The summed E-state index contributed by atoms with van der Waals surface area (Å²) < 4.78 is 7.54. The highest BCUT2D eigenvalue weighted by Crippen LogP contribution is 2.40. The first-order valence-electron chi connectivity index (χ1n) is 8.92. The first kappa shape index (κ1) is 14.3. The summed E-state index contributed by atoms with van der Waals surface area (Å²) in [6.45, 7) is 4.23. The zero-order chi connectivity index (χ0) is 15.2. The van der Waals surface area contributed by atoms with E-state index in [4.69, 9.17) is 9.84 Å². The molecule has 0 amide bonds. The molecule has 4 heterocycles. The van der Waals surface area contributed by atoms with Crippen molar-refractivity contribution >= 4 is 16.3 Å². The summed E-state index contributed by atoms with van der Waals surface area (Å²) in [5.41, 5.74) is 0. The van der Waals surface area contributed by atoms with Crippen molar-refractivity contribution in [3.05, 3.63) is 10.8 Å². The summed E-state index contributed by atoms with van der Waals surface area (Å²) in [4.78, 5) is 3.66. The Kier molecular flexibility index (Phi) is 3.60. The molecule has 0 N–H and O–H groups in total. The topological polar surface area (TPSA) is 55.5 Å². The second kappa shape index (κ2) is 5.79. The lowest BCUT2D eigenvalue weighted by molar-refractivity contribution is 0.0239. The van der Waals surface area contributed by atoms with Crippen LogP contribution < -0.4 is 0 Å². The van der Waals surface area contributed by atoms with Crippen molar-refractivity contribution in [3.8, 4) is 0 Å². The SMILES string of the molecule is C1CC(c2nn3c(C4CC4)nnc3s2)CN(C2CCOCC2)C1. The van der Waals surface area contributed by atoms with Gasteiger partial charge >= 0.3 is 0 Å². The molecule has 3 aliphatic rings. The smallest absolute Gasteiger partial charge is 0.234 e. The highest BCUT2D eigenvalue weighted by Gasteiger charge is 2.32. The van der Waals surface area contributed by atoms with Gasteiger partial charge in [-0.3, -0.25) is 4.90 Å². The maximum absolute atomic E-state index is 5.52. The fraction of sp³-hybridized carbons (Fsp3) is 0.812. The Balaban J connectivity index is 1.36. The highest BCUT2D eigenvalue weighted by molar-refractivity contribution is 7.16. The number of rotatable bonds is 3. The van der Waals surface area contributed by atoms with E-state index in [2.05, 4.69) is 15.1 Å². The maximum atomic E-state index is 5.52. The minimum absolute atomic E-state index is 0.561. The van der Waals surface area contributed by atoms with Crippen LogP contribution in [-0.4, -0.2) is 57.1 Å². The lowest BCUT2D eigenvalue weighted by Crippen LogP contribution is -2.44. The second-order valence-corrected chi connectivity index (χ2v) is 8.13. The molecule has 7 heteroatoms. The van der Waals surface area contributed by atoms with Crippen LogP contribution in [0.3, 0.4) is 0 Å². The fourth-order valence-corrected chi connectivity index (χ4v) is 4.97. The molecule has 2 aromatic rings. The van der Waals surface area contributed by atoms with E-state index in [1.54, 1.807) is 11.3 Å². The van der Waals surface area contributed by atoms with Crippen LogP contribution in [0.25, 0.3) is 4.96 Å². The van der Waals surface area contributed by atoms with Crippen molar-refractivity contribution in [2.75, 3.05) is 26.3 Å². The largest absolute Gasteiger partial charge is 0.381 e. The van der Waals surface area contributed by atoms with E-state index in [0.717, 1.165) is 30.5 Å². The third-order valence-corrected chi connectivity index (χ3v) is 6.54. The Bertz CT molecular complexity index is 688. The van der Waals surface area contributed by atoms with Crippen LogP contribution in [0.15, 0.2) is 0 Å². The summed E-state index contributed by atoms with van der Waals surface area (Å²) in [6.07, 6.45) is 7.39. The van der Waals surface area contributed by atoms with E-state index in [1.807, 2.05) is 4.52 Å². The molecule has 0 radical (unpaired) electrons. The molecule has 0 spiro atoms. The molecule has 0 aromatic carbocycles. The average molecular weight is 333 g/mol. The van der Waals surface area contributed by atoms with Crippen LogP contribution in [0.1, 0.15) is 61.2 Å². The number of aromatic nitrogens is 4. The Hall–Kier alpha value is -1.05. The van der Waals surface area contributed by atoms with Crippen molar-refractivity contribution in [2.45, 2.75) is 56.4 Å². The highest BCUT2D eigenvalue weighted by atomic mass is 32.1. The standard InChI is InChI=1S/C16H23N5OS/c1-2-12(10-20(7-1)13-5-8-22-9-6-13)15-19-21-14(11-3-4-11)17-18-16(21)23-15/h11-13H,1-10H2. The van der Waals surface area contributed by atoms with Gasteiger partial charge in [0.2, 0.25) is 4.96 Å². The van der Waals surface area contributed by atoms with Crippen LogP contribution in [0, 0.1) is 0 Å². The summed E-state index contributed by atoms with van der Waals surface area (Å²) in [5.74, 6) is 2.25. The average Bonchev–Trinajstić information content (AvgIpc) is 3.23. The first-order chi connectivity index (χ1) is 11.4. The van der Waals surface area contributed by atoms with E-state index in [0.29, 0.717) is 17.9 Å². The number of nitrogens with zero attached hydrogens (tertiary/aromatic N) is 5. The monoisotopic (exact) mass is 333 g/mol. The summed E-state index contributed by atoms with van der Waals surface area (Å²) in [7, 11) is 0. The molecule has 23 heavy (non-hydrogen) atoms. The Labute approximate surface area is 139 Å². The van der Waals surface area contributed by atoms with Gasteiger partial charge in [-0.25, -0.2) is 0 Å². The molecule has 3 fully saturated rings. The number of piperidine rings is 1. The summed E-state index contributed by atoms with van der Waals surface area (Å²) in [5, 5.41) is 14.8. The van der Waals surface area contributed by atoms with Crippen LogP contribution in [0.4, 0.5) is 0 Å². The van der Waals surface area contributed by atoms with Gasteiger partial charge in [-0.1, -0.05) is 11.3 Å². The molecule has 1 saturated carbocycles. The third kappa shape index (κ3) is 2.68. The van der Waals surface area contributed by atoms with Crippen LogP contribution in [-0.2, 0) is 4.74 Å². The zero-order valence-corrected chi connectivity index (χ0v) is 14.2. The van der Waals surface area contributed by atoms with Gasteiger partial charge in [-0.05, 0) is 45.1 Å². The quantitative estimate of drug-likeness (QED) is 0.863. The van der Waals surface area contributed by atoms with E-state index in [1.165, 1.54) is 50.1 Å². The molecule has 1 aliphatic carbocycles. The van der Waals surface area contributed by atoms with Gasteiger partial charge in [0.05, 0.1) is 0 Å². The molecule has 124 valence electrons. The van der Waals surface area contributed by atoms with Gasteiger partial charge in [0.1, 0.15) is 5.01 Å². The number of hydrogen-bond acceptors (Lipinski definition) is 6. The number of ether oxygens (including phenoxy) is 1. The van der Waals surface area contributed by atoms with E-state index < -0.39 is 0 Å². The Morgan fingerprint density at radius 2 is 1.87 bits per heavy atom. The van der Waals surface area contributed by atoms with Gasteiger partial charge in [-0.2, -0.15) is 9.61 Å². The number of hydrogen-bond donors (Lipinski definition) is 0. The molecule has 0 bridgehead atoms. The third-order valence-electron chi connectivity index (χ3n) is 5.48. The molecule has 2 aliphatic heterocycles. The minimum Gasteiger partial charge on any atom is -0.381 e. The molecular formula is C16H23N5OS. The van der Waals surface area contributed by atoms with Crippen molar-refractivity contribution in [1.82, 2.24) is 24.7 Å². The minimum atomic E-state index is 0.561. The van der Waals surface area contributed by atoms with E-state index in [9.17, 15) is 0 Å². The van der Waals surface area contributed by atoms with Crippen LogP contribution in [0.2, 0.25) is 0 Å². The molecule has 2 saturated heterocycles. The Morgan fingerprint density at radius 3 is 2.70 bits per heavy atom. The Morgan fingerprint density at radius 1 is 1.00 bits per heavy atom. The van der Waals surface area contributed by atoms with Gasteiger partial charge in [-0.15, -0.1) is 10.2 Å². The number of likely N-dealkylation sites (tertiary alicyclic amines) is 1. The van der Waals surface area contributed by atoms with Gasteiger partial charge in [0.15, 0.2) is 5.82 Å². The van der Waals surface area contributed by atoms with Crippen LogP contribution >= 0.6 is 11.3 Å². The fourth-order valence-electron chi connectivity index (χ4n) is 4.00. The predicted molar refractivity (Wildman–Crippen MR) is 88.0 cm³/mol. The van der Waals surface area contributed by atoms with Gasteiger partial charge in [0, 0.05) is 37.6 Å². The summed E-state index contributed by atoms with van der Waals surface area (Å²) >= 11 is 1.75. The van der Waals surface area contributed by atoms with Crippen LogP contribution in [0.5, 0.6) is 0 Å². The number of fused-ring (bicyclic) bond motifs is 1. The first-order valence-corrected chi connectivity index (χ1v) is 9.74. The van der Waals surface area contributed by atoms with Crippen molar-refractivity contribution in [1.29, 1.82) is 0 Å².